The predicted octanol–water partition coefficient (Wildman–Crippen LogP) is 2.03. The molecule has 88 valence electrons. The number of hydrogen-bond acceptors (Lipinski definition) is 3. The Kier molecular flexibility index (Phi) is 3.10. The first-order valence-corrected chi connectivity index (χ1v) is 7.86. The Labute approximate surface area is 101 Å². The lowest BCUT2D eigenvalue weighted by Crippen LogP contribution is -2.34. The zero-order chi connectivity index (χ0) is 11.8. The molecule has 1 atom stereocenters. The molecule has 1 fully saturated rings. The third kappa shape index (κ3) is 2.30. The van der Waals surface area contributed by atoms with E-state index in [0.717, 1.165) is 11.1 Å². The zero-order valence-electron chi connectivity index (χ0n) is 9.69. The maximum Gasteiger partial charge on any atom is 0.159 e. The summed E-state index contributed by atoms with van der Waals surface area (Å²) in [4.78, 5) is 0. The Morgan fingerprint density at radius 1 is 1.38 bits per heavy atom. The Balaban J connectivity index is 2.27. The predicted molar refractivity (Wildman–Crippen MR) is 70.1 cm³/mol. The van der Waals surface area contributed by atoms with Gasteiger partial charge in [-0.2, -0.15) is 0 Å². The van der Waals surface area contributed by atoms with E-state index >= 15 is 0 Å². The van der Waals surface area contributed by atoms with Gasteiger partial charge in [0.15, 0.2) is 6.42 Å². The van der Waals surface area contributed by atoms with E-state index < -0.39 is 6.42 Å². The molecule has 0 aromatic heterocycles. The van der Waals surface area contributed by atoms with Crippen LogP contribution in [-0.4, -0.2) is 19.3 Å². The number of benzene rings is 1. The minimum atomic E-state index is -2.05. The van der Waals surface area contributed by atoms with Gasteiger partial charge in [-0.05, 0) is 49.9 Å². The maximum absolute atomic E-state index is 5.79. The van der Waals surface area contributed by atoms with Gasteiger partial charge in [0, 0.05) is 10.8 Å². The molecule has 0 aliphatic carbocycles. The number of rotatable bonds is 2. The highest BCUT2D eigenvalue weighted by molar-refractivity contribution is 8.15. The largest absolute Gasteiger partial charge is 0.497 e. The summed E-state index contributed by atoms with van der Waals surface area (Å²) in [5, 5.41) is 4.47. The van der Waals surface area contributed by atoms with Crippen LogP contribution in [0.2, 0.25) is 0 Å². The monoisotopic (exact) mass is 257 g/mol. The topological polar surface area (TPSA) is 30.5 Å². The van der Waals surface area contributed by atoms with Gasteiger partial charge in [-0.1, -0.05) is 0 Å². The van der Waals surface area contributed by atoms with Gasteiger partial charge in [-0.25, -0.2) is 0 Å². The van der Waals surface area contributed by atoms with E-state index in [4.69, 9.17) is 21.1 Å². The van der Waals surface area contributed by atoms with Crippen LogP contribution in [0.15, 0.2) is 24.3 Å². The molecule has 1 saturated heterocycles. The summed E-state index contributed by atoms with van der Waals surface area (Å²) in [7, 11) is 1.65. The third-order valence-corrected chi connectivity index (χ3v) is 6.06. The summed E-state index contributed by atoms with van der Waals surface area (Å²) in [6.07, 6.45) is -2.05. The van der Waals surface area contributed by atoms with Gasteiger partial charge in [0.2, 0.25) is 0 Å². The highest BCUT2D eigenvalue weighted by Gasteiger charge is 2.37. The summed E-state index contributed by atoms with van der Waals surface area (Å²) in [6.45, 7) is 4.87. The van der Waals surface area contributed by atoms with Gasteiger partial charge in [0.05, 0.1) is 13.7 Å². The summed E-state index contributed by atoms with van der Waals surface area (Å²) < 4.78 is 10.9. The quantitative estimate of drug-likeness (QED) is 0.821. The fraction of sp³-hybridized carbons (Fsp3) is 0.455. The molecule has 0 spiro atoms. The van der Waals surface area contributed by atoms with Gasteiger partial charge in [0.25, 0.3) is 0 Å². The van der Waals surface area contributed by atoms with Crippen LogP contribution in [0.4, 0.5) is 0 Å². The molecule has 0 radical (unpaired) electrons. The van der Waals surface area contributed by atoms with E-state index in [-0.39, 0.29) is 5.54 Å². The van der Waals surface area contributed by atoms with Gasteiger partial charge in [0.1, 0.15) is 5.75 Å². The van der Waals surface area contributed by atoms with Crippen LogP contribution in [0.5, 0.6) is 5.75 Å². The van der Waals surface area contributed by atoms with E-state index in [1.165, 1.54) is 0 Å². The van der Waals surface area contributed by atoms with Crippen molar-refractivity contribution in [3.63, 3.8) is 0 Å². The van der Waals surface area contributed by atoms with Crippen LogP contribution in [0.25, 0.3) is 0 Å². The average molecular weight is 257 g/mol. The molecule has 0 bridgehead atoms. The van der Waals surface area contributed by atoms with Gasteiger partial charge < -0.3 is 9.26 Å². The van der Waals surface area contributed by atoms with Gasteiger partial charge >= 0.3 is 0 Å². The summed E-state index contributed by atoms with van der Waals surface area (Å²) in [5.41, 5.74) is -0.0323. The van der Waals surface area contributed by atoms with Gasteiger partial charge in [-0.3, -0.25) is 5.09 Å². The average Bonchev–Trinajstić information content (AvgIpc) is 2.54. The molecule has 0 amide bonds. The molecule has 1 N–H and O–H groups in total. The summed E-state index contributed by atoms with van der Waals surface area (Å²) in [5.74, 6) is 0.837. The highest BCUT2D eigenvalue weighted by Crippen LogP contribution is 2.49. The Bertz CT molecular complexity index is 430. The van der Waals surface area contributed by atoms with E-state index in [2.05, 4.69) is 18.9 Å². The van der Waals surface area contributed by atoms with Crippen molar-refractivity contribution in [1.29, 1.82) is 0 Å². The number of nitrogens with one attached hydrogen (secondary N) is 1. The van der Waals surface area contributed by atoms with Crippen molar-refractivity contribution in [1.82, 2.24) is 5.09 Å². The lowest BCUT2D eigenvalue weighted by molar-refractivity contribution is 0.309. The van der Waals surface area contributed by atoms with Crippen molar-refractivity contribution in [2.75, 3.05) is 13.7 Å². The van der Waals surface area contributed by atoms with Crippen molar-refractivity contribution in [3.8, 4) is 5.75 Å². The summed E-state index contributed by atoms with van der Waals surface area (Å²) >= 11 is 5.60. The molecule has 1 aromatic carbocycles. The third-order valence-electron chi connectivity index (χ3n) is 2.47. The normalized spacial score (nSPS) is 27.9. The van der Waals surface area contributed by atoms with Crippen molar-refractivity contribution in [2.45, 2.75) is 19.4 Å². The highest BCUT2D eigenvalue weighted by atomic mass is 32.4. The molecule has 1 heterocycles. The van der Waals surface area contributed by atoms with Crippen molar-refractivity contribution in [2.24, 2.45) is 0 Å². The Morgan fingerprint density at radius 2 is 2.00 bits per heavy atom. The van der Waals surface area contributed by atoms with Gasteiger partial charge in [-0.15, -0.1) is 0 Å². The van der Waals surface area contributed by atoms with Crippen LogP contribution < -0.4 is 15.1 Å². The number of hydrogen-bond donors (Lipinski definition) is 1. The number of ether oxygens (including phenoxy) is 1. The molecule has 5 heteroatoms. The van der Waals surface area contributed by atoms with Crippen LogP contribution >= 0.6 is 6.42 Å². The first-order chi connectivity index (χ1) is 7.45. The van der Waals surface area contributed by atoms with E-state index in [9.17, 15) is 0 Å². The molecule has 3 nitrogen and oxygen atoms in total. The zero-order valence-corrected chi connectivity index (χ0v) is 11.4. The fourth-order valence-electron chi connectivity index (χ4n) is 1.63. The lowest BCUT2D eigenvalue weighted by Gasteiger charge is -2.20. The molecule has 16 heavy (non-hydrogen) atoms. The maximum atomic E-state index is 5.79. The van der Waals surface area contributed by atoms with Crippen LogP contribution in [0.3, 0.4) is 0 Å². The lowest BCUT2D eigenvalue weighted by atomic mass is 10.1. The second-order valence-corrected chi connectivity index (χ2v) is 8.16. The van der Waals surface area contributed by atoms with E-state index in [0.29, 0.717) is 6.61 Å². The smallest absolute Gasteiger partial charge is 0.159 e. The van der Waals surface area contributed by atoms with Crippen molar-refractivity contribution in [3.05, 3.63) is 24.3 Å². The van der Waals surface area contributed by atoms with Crippen LogP contribution in [-0.2, 0) is 16.3 Å². The SMILES string of the molecule is COc1ccc(P2(=S)NC(C)(C)CO2)cc1. The molecule has 1 aliphatic rings. The van der Waals surface area contributed by atoms with Crippen molar-refractivity contribution >= 4 is 23.5 Å². The first-order valence-electron chi connectivity index (χ1n) is 5.14. The second-order valence-electron chi connectivity index (χ2n) is 4.52. The second kappa shape index (κ2) is 4.11. The molecule has 2 rings (SSSR count). The molecule has 1 aliphatic heterocycles. The molecule has 1 aromatic rings. The Morgan fingerprint density at radius 3 is 2.44 bits per heavy atom. The minimum Gasteiger partial charge on any atom is -0.497 e. The molecule has 0 saturated carbocycles. The molecular weight excluding hydrogens is 241 g/mol. The van der Waals surface area contributed by atoms with E-state index in [1.54, 1.807) is 7.11 Å². The van der Waals surface area contributed by atoms with Crippen molar-refractivity contribution < 1.29 is 9.26 Å². The molecule has 1 unspecified atom stereocenters. The Hall–Kier alpha value is -0.410. The minimum absolute atomic E-state index is 0.0323. The van der Waals surface area contributed by atoms with Crippen LogP contribution in [0, 0.1) is 0 Å². The molecular formula is C11H16NO2PS. The first kappa shape index (κ1) is 12.1. The van der Waals surface area contributed by atoms with Crippen LogP contribution in [0.1, 0.15) is 13.8 Å². The summed E-state index contributed by atoms with van der Waals surface area (Å²) in [6, 6.07) is 7.79. The standard InChI is InChI=1S/C11H16NO2PS/c1-11(2)8-14-15(16,12-11)10-6-4-9(13-3)5-7-10/h4-7H,8H2,1-3H3,(H,12,16). The van der Waals surface area contributed by atoms with E-state index in [1.807, 2.05) is 24.3 Å². The fourth-order valence-corrected chi connectivity index (χ4v) is 5.15. The number of methoxy groups -OCH3 is 1.